The first-order valence-electron chi connectivity index (χ1n) is 32.8. The van der Waals surface area contributed by atoms with Crippen LogP contribution in [0.5, 0.6) is 0 Å². The number of likely N-dealkylation sites (N-methyl/N-ethyl adjacent to an activating group) is 1. The zero-order valence-corrected chi connectivity index (χ0v) is 56.0. The second-order valence-electron chi connectivity index (χ2n) is 26.7. The zero-order valence-electron chi connectivity index (χ0n) is 56.0. The number of ketones is 1. The summed E-state index contributed by atoms with van der Waals surface area (Å²) in [6.45, 7) is 19.3. The van der Waals surface area contributed by atoms with E-state index >= 15 is 9.59 Å². The number of para-hydroxylation sites is 2. The van der Waals surface area contributed by atoms with Crippen molar-refractivity contribution in [3.05, 3.63) is 120 Å². The van der Waals surface area contributed by atoms with Gasteiger partial charge in [0.1, 0.15) is 35.4 Å². The summed E-state index contributed by atoms with van der Waals surface area (Å²) in [4.78, 5) is 131. The van der Waals surface area contributed by atoms with Crippen LogP contribution in [0.3, 0.4) is 0 Å². The molecule has 6 unspecified atom stereocenters. The Hall–Kier alpha value is -8.73. The number of aromatic nitrogens is 5. The number of nitrogens with one attached hydrogen (secondary N) is 6. The van der Waals surface area contributed by atoms with Crippen LogP contribution in [0.1, 0.15) is 156 Å². The number of carbonyl (C=O) groups excluding carboxylic acids is 9. The number of amides is 6. The monoisotopic (exact) mass is 1280 g/mol. The third-order valence-electron chi connectivity index (χ3n) is 16.1. The molecule has 1 aliphatic heterocycles. The first-order valence-corrected chi connectivity index (χ1v) is 32.8. The van der Waals surface area contributed by atoms with Gasteiger partial charge in [0.2, 0.25) is 35.4 Å². The van der Waals surface area contributed by atoms with E-state index in [4.69, 9.17) is 9.47 Å². The van der Waals surface area contributed by atoms with E-state index < -0.39 is 89.1 Å². The van der Waals surface area contributed by atoms with E-state index in [2.05, 4.69) is 42.2 Å². The molecule has 7 rings (SSSR count). The molecule has 93 heavy (non-hydrogen) atoms. The number of aryl methyl sites for hydroxylation is 1. The van der Waals surface area contributed by atoms with Crippen molar-refractivity contribution in [1.29, 1.82) is 0 Å². The predicted octanol–water partition coefficient (Wildman–Crippen LogP) is 8.04. The van der Waals surface area contributed by atoms with Gasteiger partial charge >= 0.3 is 12.2 Å². The van der Waals surface area contributed by atoms with Crippen molar-refractivity contribution in [1.82, 2.24) is 60.9 Å². The number of likely N-dealkylation sites (tertiary alicyclic amines) is 1. The number of fused-ring (bicyclic) bond motifs is 2. The van der Waals surface area contributed by atoms with Crippen LogP contribution in [0.2, 0.25) is 0 Å². The molecule has 23 heteroatoms. The lowest BCUT2D eigenvalue weighted by atomic mass is 10.0. The molecule has 0 spiro atoms. The van der Waals surface area contributed by atoms with Crippen LogP contribution in [-0.2, 0) is 75.3 Å². The highest BCUT2D eigenvalue weighted by molar-refractivity contribution is 5.98. The molecule has 4 heterocycles. The average molecular weight is 1280 g/mol. The van der Waals surface area contributed by atoms with Crippen LogP contribution >= 0.6 is 0 Å². The number of ether oxygens (including phenoxy) is 2. The lowest BCUT2D eigenvalue weighted by Gasteiger charge is -2.30. The summed E-state index contributed by atoms with van der Waals surface area (Å²) in [6.07, 6.45) is 5.66. The number of unbranched alkanes of at least 4 members (excludes halogenated alkanes) is 2. The quantitative estimate of drug-likeness (QED) is 0.0233. The second kappa shape index (κ2) is 33.2. The van der Waals surface area contributed by atoms with Gasteiger partial charge < -0.3 is 46.3 Å². The Kier molecular flexibility index (Phi) is 25.6. The maximum atomic E-state index is 15.4. The van der Waals surface area contributed by atoms with Crippen LogP contribution in [0, 0.1) is 5.92 Å². The van der Waals surface area contributed by atoms with Gasteiger partial charge in [0.25, 0.3) is 0 Å². The summed E-state index contributed by atoms with van der Waals surface area (Å²) < 4.78 is 16.1. The van der Waals surface area contributed by atoms with Gasteiger partial charge in [-0.05, 0) is 136 Å². The molecule has 23 nitrogen and oxygen atoms in total. The second-order valence-corrected chi connectivity index (χ2v) is 26.7. The fourth-order valence-corrected chi connectivity index (χ4v) is 11.4. The van der Waals surface area contributed by atoms with Crippen molar-refractivity contribution in [2.45, 2.75) is 213 Å². The van der Waals surface area contributed by atoms with Gasteiger partial charge in [-0.2, -0.15) is 0 Å². The van der Waals surface area contributed by atoms with Crippen molar-refractivity contribution in [2.75, 3.05) is 20.1 Å². The number of piperidine rings is 1. The van der Waals surface area contributed by atoms with Gasteiger partial charge in [0, 0.05) is 80.1 Å². The van der Waals surface area contributed by atoms with Crippen molar-refractivity contribution in [2.24, 2.45) is 5.92 Å². The number of nitrogens with zero attached hydrogens (tertiary/aromatic N) is 6. The summed E-state index contributed by atoms with van der Waals surface area (Å²) in [6, 6.07) is 19.8. The Morgan fingerprint density at radius 3 is 1.57 bits per heavy atom. The van der Waals surface area contributed by atoms with Crippen LogP contribution < -0.4 is 31.9 Å². The number of hydrogen-bond donors (Lipinski definition) is 6. The molecule has 1 fully saturated rings. The molecular weight excluding hydrogens is 1180 g/mol. The molecule has 6 N–H and O–H groups in total. The van der Waals surface area contributed by atoms with Gasteiger partial charge in [-0.3, -0.25) is 38.2 Å². The molecule has 502 valence electrons. The third-order valence-corrected chi connectivity index (χ3v) is 16.1. The number of hydrogen-bond acceptors (Lipinski definition) is 14. The molecule has 0 bridgehead atoms. The van der Waals surface area contributed by atoms with Gasteiger partial charge in [0.15, 0.2) is 5.78 Å². The van der Waals surface area contributed by atoms with E-state index in [1.165, 1.54) is 16.1 Å². The normalized spacial score (nSPS) is 14.7. The Balaban J connectivity index is 1.22. The van der Waals surface area contributed by atoms with Crippen LogP contribution in [0.15, 0.2) is 97.2 Å². The highest BCUT2D eigenvalue weighted by Crippen LogP contribution is 2.26. The summed E-state index contributed by atoms with van der Waals surface area (Å²) in [5.74, 6) is -3.73. The molecule has 3 aromatic heterocycles. The van der Waals surface area contributed by atoms with E-state index in [0.29, 0.717) is 96.2 Å². The van der Waals surface area contributed by atoms with Crippen LogP contribution in [0.4, 0.5) is 9.59 Å². The standard InChI is InChI=1S/C70H96N12O11/c1-12-13-30-53(72-61(84)37-45(2)3)62(85)76-57(43-52-40-49-29-19-21-33-60(49)82(52)68(91)93-70(8,9)10)65(88)73-54(31-22-25-36-80-44-50(77-78-80)41-58(71-11)66(89)79-34-23-15-24-35-79)63(86)75-56(38-47-26-16-14-17-27-47)64(87)74-55(46(4)83)42-51-39-48-28-18-20-32-59(48)81(51)67(90)92-69(5,6)7/h14,16-21,26-29,32-33,39-40,44-45,53-58,71H,12-13,15,22-25,30-31,34-38,41-43H2,1-11H3,(H,72,84)(H,73,88)(H,74,87)(H,75,86)(H,76,85). The van der Waals surface area contributed by atoms with Crippen molar-refractivity contribution in [3.8, 4) is 0 Å². The smallest absolute Gasteiger partial charge is 0.419 e. The minimum absolute atomic E-state index is 0.000520. The molecule has 1 aliphatic rings. The maximum absolute atomic E-state index is 15.4. The summed E-state index contributed by atoms with van der Waals surface area (Å²) >= 11 is 0. The number of rotatable bonds is 30. The first-order chi connectivity index (χ1) is 44.2. The lowest BCUT2D eigenvalue weighted by molar-refractivity contribution is -0.135. The molecule has 0 radical (unpaired) electrons. The Bertz CT molecular complexity index is 3550. The van der Waals surface area contributed by atoms with E-state index in [9.17, 15) is 33.6 Å². The van der Waals surface area contributed by atoms with Gasteiger partial charge in [-0.1, -0.05) is 106 Å². The Labute approximate surface area is 545 Å². The molecule has 3 aromatic carbocycles. The molecule has 0 aliphatic carbocycles. The number of benzene rings is 3. The largest absolute Gasteiger partial charge is 0.443 e. The minimum atomic E-state index is -1.47. The van der Waals surface area contributed by atoms with Gasteiger partial charge in [-0.25, -0.2) is 18.7 Å². The predicted molar refractivity (Wildman–Crippen MR) is 355 cm³/mol. The van der Waals surface area contributed by atoms with E-state index in [1.807, 2.05) is 43.9 Å². The molecule has 6 aromatic rings. The minimum Gasteiger partial charge on any atom is -0.443 e. The number of Topliss-reactive ketones (excluding diaryl/α,β-unsaturated/α-hetero) is 1. The third kappa shape index (κ3) is 21.1. The highest BCUT2D eigenvalue weighted by Gasteiger charge is 2.36. The fraction of sp³-hybridized carbons (Fsp3) is 0.529. The van der Waals surface area contributed by atoms with Crippen LogP contribution in [0.25, 0.3) is 21.8 Å². The van der Waals surface area contributed by atoms with Crippen molar-refractivity contribution in [3.63, 3.8) is 0 Å². The molecule has 6 amide bonds. The zero-order chi connectivity index (χ0) is 67.6. The highest BCUT2D eigenvalue weighted by atomic mass is 16.6. The molecular formula is C70H96N12O11. The summed E-state index contributed by atoms with van der Waals surface area (Å²) in [7, 11) is 1.75. The van der Waals surface area contributed by atoms with Gasteiger partial charge in [0.05, 0.1) is 28.8 Å². The summed E-state index contributed by atoms with van der Waals surface area (Å²) in [5.41, 5.74) is 1.22. The SMILES string of the molecule is CCCCC(NC(=O)CC(C)C)C(=O)NC(Cc1cc2ccccc2n1C(=O)OC(C)(C)C)C(=O)NC(CCCCn1cc(CC(NC)C(=O)N2CCCCC2)nn1)C(=O)NC(Cc1ccccc1)C(=O)NC(Cc1cc2ccccc2n1C(=O)OC(C)(C)C)C(C)=O. The molecule has 6 atom stereocenters. The van der Waals surface area contributed by atoms with E-state index in [0.717, 1.165) is 19.3 Å². The van der Waals surface area contributed by atoms with E-state index in [1.54, 1.807) is 132 Å². The van der Waals surface area contributed by atoms with Gasteiger partial charge in [-0.15, -0.1) is 5.10 Å². The van der Waals surface area contributed by atoms with Crippen molar-refractivity contribution >= 4 is 75.2 Å². The van der Waals surface area contributed by atoms with Crippen molar-refractivity contribution < 1.29 is 52.6 Å². The summed E-state index contributed by atoms with van der Waals surface area (Å²) in [5, 5.41) is 27.8. The number of carbonyl (C=O) groups is 9. The van der Waals surface area contributed by atoms with E-state index in [-0.39, 0.29) is 56.3 Å². The fourth-order valence-electron chi connectivity index (χ4n) is 11.4. The Morgan fingerprint density at radius 2 is 1.04 bits per heavy atom. The topological polar surface area (TPSA) is 288 Å². The average Bonchev–Trinajstić information content (AvgIpc) is 1.65. The maximum Gasteiger partial charge on any atom is 0.419 e. The lowest BCUT2D eigenvalue weighted by Crippen LogP contribution is -2.59. The molecule has 1 saturated heterocycles. The molecule has 0 saturated carbocycles. The Morgan fingerprint density at radius 1 is 0.559 bits per heavy atom. The first kappa shape index (κ1) is 71.7. The van der Waals surface area contributed by atoms with Crippen LogP contribution in [-0.4, -0.2) is 150 Å².